The van der Waals surface area contributed by atoms with Gasteiger partial charge in [-0.05, 0) is 19.4 Å². The normalized spacial score (nSPS) is 15.1. The van der Waals surface area contributed by atoms with Crippen LogP contribution in [-0.2, 0) is 7.05 Å². The molecule has 0 aliphatic heterocycles. The average Bonchev–Trinajstić information content (AvgIpc) is 2.50. The van der Waals surface area contributed by atoms with E-state index < -0.39 is 5.54 Å². The van der Waals surface area contributed by atoms with Gasteiger partial charge in [-0.15, -0.1) is 0 Å². The highest BCUT2D eigenvalue weighted by atomic mass is 16.1. The number of carbonyl (C=O) groups is 1. The van der Waals surface area contributed by atoms with Gasteiger partial charge in [-0.2, -0.15) is 5.10 Å². The standard InChI is InChI=1S/C10H17N3O/c1-4-6-10(2,11)9(14)8-5-7-13(3)12-8/h5,7H,4,6,11H2,1-3H3. The highest BCUT2D eigenvalue weighted by molar-refractivity contribution is 6.01. The van der Waals surface area contributed by atoms with E-state index in [1.165, 1.54) is 0 Å². The number of Topliss-reactive ketones (excluding diaryl/α,β-unsaturated/α-hetero) is 1. The Bertz CT molecular complexity index is 328. The molecule has 0 saturated heterocycles. The zero-order valence-corrected chi connectivity index (χ0v) is 8.95. The molecular weight excluding hydrogens is 178 g/mol. The molecule has 0 amide bonds. The topological polar surface area (TPSA) is 60.9 Å². The quantitative estimate of drug-likeness (QED) is 0.732. The number of aryl methyl sites for hydroxylation is 1. The monoisotopic (exact) mass is 195 g/mol. The Kier molecular flexibility index (Phi) is 3.06. The third-order valence-corrected chi connectivity index (χ3v) is 2.23. The molecule has 2 N–H and O–H groups in total. The van der Waals surface area contributed by atoms with Crippen molar-refractivity contribution in [3.8, 4) is 0 Å². The average molecular weight is 195 g/mol. The van der Waals surface area contributed by atoms with Crippen molar-refractivity contribution < 1.29 is 4.79 Å². The van der Waals surface area contributed by atoms with Crippen molar-refractivity contribution in [1.82, 2.24) is 9.78 Å². The fraction of sp³-hybridized carbons (Fsp3) is 0.600. The summed E-state index contributed by atoms with van der Waals surface area (Å²) >= 11 is 0. The van der Waals surface area contributed by atoms with Crippen molar-refractivity contribution in [1.29, 1.82) is 0 Å². The van der Waals surface area contributed by atoms with Crippen LogP contribution < -0.4 is 5.73 Å². The Morgan fingerprint density at radius 2 is 2.36 bits per heavy atom. The minimum absolute atomic E-state index is 0.0834. The van der Waals surface area contributed by atoms with Crippen LogP contribution in [0.15, 0.2) is 12.3 Å². The maximum Gasteiger partial charge on any atom is 0.202 e. The number of rotatable bonds is 4. The number of nitrogens with two attached hydrogens (primary N) is 1. The number of hydrogen-bond donors (Lipinski definition) is 1. The maximum atomic E-state index is 11.9. The van der Waals surface area contributed by atoms with Crippen LogP contribution in [0, 0.1) is 0 Å². The molecule has 0 radical (unpaired) electrons. The van der Waals surface area contributed by atoms with Gasteiger partial charge in [0.05, 0.1) is 5.54 Å². The van der Waals surface area contributed by atoms with Crippen LogP contribution >= 0.6 is 0 Å². The molecule has 1 atom stereocenters. The van der Waals surface area contributed by atoms with Gasteiger partial charge in [0.15, 0.2) is 0 Å². The lowest BCUT2D eigenvalue weighted by atomic mass is 9.91. The van der Waals surface area contributed by atoms with Crippen LogP contribution in [0.1, 0.15) is 37.2 Å². The zero-order valence-electron chi connectivity index (χ0n) is 8.95. The number of hydrogen-bond acceptors (Lipinski definition) is 3. The van der Waals surface area contributed by atoms with Gasteiger partial charge in [0.2, 0.25) is 5.78 Å². The maximum absolute atomic E-state index is 11.9. The third-order valence-electron chi connectivity index (χ3n) is 2.23. The molecule has 4 heteroatoms. The molecular formula is C10H17N3O. The summed E-state index contributed by atoms with van der Waals surface area (Å²) < 4.78 is 1.61. The van der Waals surface area contributed by atoms with E-state index in [0.717, 1.165) is 6.42 Å². The Morgan fingerprint density at radius 3 is 2.79 bits per heavy atom. The van der Waals surface area contributed by atoms with Crippen molar-refractivity contribution in [2.45, 2.75) is 32.2 Å². The Balaban J connectivity index is 2.84. The summed E-state index contributed by atoms with van der Waals surface area (Å²) in [7, 11) is 1.78. The Morgan fingerprint density at radius 1 is 1.71 bits per heavy atom. The fourth-order valence-electron chi connectivity index (χ4n) is 1.46. The summed E-state index contributed by atoms with van der Waals surface area (Å²) in [6.07, 6.45) is 3.32. The van der Waals surface area contributed by atoms with Crippen LogP contribution in [0.4, 0.5) is 0 Å². The summed E-state index contributed by atoms with van der Waals surface area (Å²) in [5.41, 5.74) is 5.57. The van der Waals surface area contributed by atoms with Crippen molar-refractivity contribution in [2.75, 3.05) is 0 Å². The van der Waals surface area contributed by atoms with Gasteiger partial charge >= 0.3 is 0 Å². The zero-order chi connectivity index (χ0) is 10.8. The summed E-state index contributed by atoms with van der Waals surface area (Å²) in [6.45, 7) is 3.77. The molecule has 1 aromatic rings. The van der Waals surface area contributed by atoms with Crippen LogP contribution in [0.25, 0.3) is 0 Å². The summed E-state index contributed by atoms with van der Waals surface area (Å²) in [4.78, 5) is 11.9. The lowest BCUT2D eigenvalue weighted by Gasteiger charge is -2.20. The number of carbonyl (C=O) groups excluding carboxylic acids is 1. The van der Waals surface area contributed by atoms with E-state index in [1.54, 1.807) is 30.9 Å². The van der Waals surface area contributed by atoms with Crippen molar-refractivity contribution >= 4 is 5.78 Å². The van der Waals surface area contributed by atoms with E-state index in [9.17, 15) is 4.79 Å². The minimum atomic E-state index is -0.789. The largest absolute Gasteiger partial charge is 0.319 e. The molecule has 1 aromatic heterocycles. The molecule has 0 aromatic carbocycles. The van der Waals surface area contributed by atoms with E-state index in [4.69, 9.17) is 5.73 Å². The number of aromatic nitrogens is 2. The van der Waals surface area contributed by atoms with Crippen molar-refractivity contribution in [3.05, 3.63) is 18.0 Å². The van der Waals surface area contributed by atoms with Gasteiger partial charge in [0, 0.05) is 13.2 Å². The van der Waals surface area contributed by atoms with Crippen molar-refractivity contribution in [2.24, 2.45) is 12.8 Å². The number of ketones is 1. The van der Waals surface area contributed by atoms with Gasteiger partial charge in [0.1, 0.15) is 5.69 Å². The first-order valence-electron chi connectivity index (χ1n) is 4.80. The molecule has 0 saturated carbocycles. The minimum Gasteiger partial charge on any atom is -0.319 e. The summed E-state index contributed by atoms with van der Waals surface area (Å²) in [6, 6.07) is 1.70. The van der Waals surface area contributed by atoms with Gasteiger partial charge in [0.25, 0.3) is 0 Å². The second-order valence-corrected chi connectivity index (χ2v) is 3.87. The van der Waals surface area contributed by atoms with Gasteiger partial charge in [-0.25, -0.2) is 0 Å². The lowest BCUT2D eigenvalue weighted by molar-refractivity contribution is 0.0887. The molecule has 0 aliphatic carbocycles. The smallest absolute Gasteiger partial charge is 0.202 e. The molecule has 4 nitrogen and oxygen atoms in total. The number of nitrogens with zero attached hydrogens (tertiary/aromatic N) is 2. The Hall–Kier alpha value is -1.16. The molecule has 14 heavy (non-hydrogen) atoms. The molecule has 1 unspecified atom stereocenters. The van der Waals surface area contributed by atoms with E-state index in [-0.39, 0.29) is 5.78 Å². The van der Waals surface area contributed by atoms with E-state index in [0.29, 0.717) is 12.1 Å². The van der Waals surface area contributed by atoms with Gasteiger partial charge < -0.3 is 5.73 Å². The first kappa shape index (κ1) is 10.9. The van der Waals surface area contributed by atoms with E-state index in [2.05, 4.69) is 5.10 Å². The molecule has 78 valence electrons. The highest BCUT2D eigenvalue weighted by Crippen LogP contribution is 2.14. The predicted octanol–water partition coefficient (Wildman–Crippen LogP) is 1.12. The van der Waals surface area contributed by atoms with Crippen LogP contribution in [0.2, 0.25) is 0 Å². The van der Waals surface area contributed by atoms with Crippen LogP contribution in [-0.4, -0.2) is 21.1 Å². The molecule has 0 aliphatic rings. The second-order valence-electron chi connectivity index (χ2n) is 3.87. The van der Waals surface area contributed by atoms with Gasteiger partial charge in [-0.3, -0.25) is 9.48 Å². The Labute approximate surface area is 84.1 Å². The molecule has 1 heterocycles. The highest BCUT2D eigenvalue weighted by Gasteiger charge is 2.29. The molecule has 0 fully saturated rings. The summed E-state index contributed by atoms with van der Waals surface area (Å²) in [5.74, 6) is -0.0834. The lowest BCUT2D eigenvalue weighted by Crippen LogP contribution is -2.44. The first-order valence-corrected chi connectivity index (χ1v) is 4.80. The van der Waals surface area contributed by atoms with Gasteiger partial charge in [-0.1, -0.05) is 13.3 Å². The fourth-order valence-corrected chi connectivity index (χ4v) is 1.46. The van der Waals surface area contributed by atoms with Crippen molar-refractivity contribution in [3.63, 3.8) is 0 Å². The SMILES string of the molecule is CCCC(C)(N)C(=O)c1ccn(C)n1. The first-order chi connectivity index (χ1) is 6.47. The molecule has 0 bridgehead atoms. The summed E-state index contributed by atoms with van der Waals surface area (Å²) in [5, 5.41) is 4.05. The third kappa shape index (κ3) is 2.20. The molecule has 1 rings (SSSR count). The second kappa shape index (κ2) is 3.92. The van der Waals surface area contributed by atoms with E-state index in [1.807, 2.05) is 6.92 Å². The van der Waals surface area contributed by atoms with E-state index >= 15 is 0 Å². The van der Waals surface area contributed by atoms with Crippen LogP contribution in [0.3, 0.4) is 0 Å². The van der Waals surface area contributed by atoms with Crippen LogP contribution in [0.5, 0.6) is 0 Å². The predicted molar refractivity (Wildman–Crippen MR) is 55.0 cm³/mol. The molecule has 0 spiro atoms.